The van der Waals surface area contributed by atoms with Gasteiger partial charge in [-0.3, -0.25) is 0 Å². The van der Waals surface area contributed by atoms with Crippen molar-refractivity contribution in [1.29, 1.82) is 0 Å². The van der Waals surface area contributed by atoms with Crippen LogP contribution >= 0.6 is 11.6 Å². The summed E-state index contributed by atoms with van der Waals surface area (Å²) < 4.78 is 27.9. The molecule has 0 radical (unpaired) electrons. The molecule has 2 fully saturated rings. The molecule has 0 amide bonds. The summed E-state index contributed by atoms with van der Waals surface area (Å²) in [6.45, 7) is 1.59. The molecular weight excluding hydrogens is 346 g/mol. The number of aromatic nitrogens is 3. The van der Waals surface area contributed by atoms with Crippen LogP contribution < -0.4 is 4.90 Å². The lowest BCUT2D eigenvalue weighted by Gasteiger charge is -2.21. The molecule has 130 valence electrons. The van der Waals surface area contributed by atoms with Crippen LogP contribution in [0.4, 0.5) is 20.3 Å². The average Bonchev–Trinajstić information content (AvgIpc) is 3.45. The highest BCUT2D eigenvalue weighted by Crippen LogP contribution is 2.58. The zero-order chi connectivity index (χ0) is 17.4. The van der Waals surface area contributed by atoms with Crippen LogP contribution in [0.25, 0.3) is 0 Å². The average molecular weight is 363 g/mol. The first-order valence-electron chi connectivity index (χ1n) is 8.57. The standard InChI is InChI=1S/C18H17ClF2N4/c1-17(20,21)16-23-12(10-2-3-10)6-15(24-16)25-9-18(4-5-18)11-8-22-14(19)7-13(11)25/h6-8,10H,2-5,9H2,1H3. The predicted octanol–water partition coefficient (Wildman–Crippen LogP) is 4.70. The molecule has 0 saturated heterocycles. The highest BCUT2D eigenvalue weighted by Gasteiger charge is 2.53. The molecular formula is C18H17ClF2N4. The molecule has 0 aromatic carbocycles. The Bertz CT molecular complexity index is 872. The Morgan fingerprint density at radius 3 is 2.64 bits per heavy atom. The minimum absolute atomic E-state index is 0.0759. The maximum Gasteiger partial charge on any atom is 0.303 e. The number of hydrogen-bond acceptors (Lipinski definition) is 4. The highest BCUT2D eigenvalue weighted by molar-refractivity contribution is 6.29. The third-order valence-electron chi connectivity index (χ3n) is 5.42. The van der Waals surface area contributed by atoms with E-state index in [4.69, 9.17) is 11.6 Å². The van der Waals surface area contributed by atoms with Crippen molar-refractivity contribution in [1.82, 2.24) is 15.0 Å². The molecule has 3 heterocycles. The molecule has 25 heavy (non-hydrogen) atoms. The Hall–Kier alpha value is -1.82. The fourth-order valence-corrected chi connectivity index (χ4v) is 3.84. The van der Waals surface area contributed by atoms with E-state index < -0.39 is 11.7 Å². The van der Waals surface area contributed by atoms with Crippen LogP contribution in [-0.2, 0) is 11.3 Å². The number of fused-ring (bicyclic) bond motifs is 2. The number of alkyl halides is 2. The Morgan fingerprint density at radius 1 is 1.24 bits per heavy atom. The molecule has 5 rings (SSSR count). The van der Waals surface area contributed by atoms with Crippen molar-refractivity contribution in [3.8, 4) is 0 Å². The van der Waals surface area contributed by atoms with Crippen LogP contribution in [0.15, 0.2) is 18.3 Å². The summed E-state index contributed by atoms with van der Waals surface area (Å²) in [5.41, 5.74) is 2.88. The summed E-state index contributed by atoms with van der Waals surface area (Å²) in [5.74, 6) is -2.64. The van der Waals surface area contributed by atoms with Crippen LogP contribution in [0.1, 0.15) is 55.6 Å². The van der Waals surface area contributed by atoms with Crippen LogP contribution in [0.3, 0.4) is 0 Å². The van der Waals surface area contributed by atoms with Crippen LogP contribution in [0.2, 0.25) is 5.15 Å². The van der Waals surface area contributed by atoms with E-state index in [1.165, 1.54) is 0 Å². The van der Waals surface area contributed by atoms with Crippen molar-refractivity contribution >= 4 is 23.1 Å². The molecule has 0 N–H and O–H groups in total. The van der Waals surface area contributed by atoms with Gasteiger partial charge in [0.15, 0.2) is 0 Å². The maximum atomic E-state index is 13.9. The number of nitrogens with zero attached hydrogens (tertiary/aromatic N) is 4. The Kier molecular flexibility index (Phi) is 3.01. The second kappa shape index (κ2) is 4.87. The largest absolute Gasteiger partial charge is 0.325 e. The van der Waals surface area contributed by atoms with E-state index in [2.05, 4.69) is 15.0 Å². The first kappa shape index (κ1) is 15.4. The summed E-state index contributed by atoms with van der Waals surface area (Å²) in [7, 11) is 0. The number of halogens is 3. The summed E-state index contributed by atoms with van der Waals surface area (Å²) in [5, 5.41) is 0.402. The molecule has 4 nitrogen and oxygen atoms in total. The monoisotopic (exact) mass is 362 g/mol. The summed E-state index contributed by atoms with van der Waals surface area (Å²) >= 11 is 6.09. The van der Waals surface area contributed by atoms with E-state index in [-0.39, 0.29) is 11.3 Å². The Labute approximate surface area is 149 Å². The number of hydrogen-bond donors (Lipinski definition) is 0. The summed E-state index contributed by atoms with van der Waals surface area (Å²) in [6, 6.07) is 3.68. The minimum atomic E-state index is -3.06. The van der Waals surface area contributed by atoms with Gasteiger partial charge in [-0.15, -0.1) is 0 Å². The van der Waals surface area contributed by atoms with Gasteiger partial charge in [0.1, 0.15) is 11.0 Å². The third kappa shape index (κ3) is 2.49. The van der Waals surface area contributed by atoms with Gasteiger partial charge < -0.3 is 4.90 Å². The SMILES string of the molecule is CC(F)(F)c1nc(C2CC2)cc(N2CC3(CC3)c3cnc(Cl)cc32)n1. The molecule has 0 atom stereocenters. The van der Waals surface area contributed by atoms with Crippen LogP contribution in [-0.4, -0.2) is 21.5 Å². The lowest BCUT2D eigenvalue weighted by atomic mass is 10.0. The predicted molar refractivity (Wildman–Crippen MR) is 90.7 cm³/mol. The lowest BCUT2D eigenvalue weighted by molar-refractivity contribution is 0.00756. The van der Waals surface area contributed by atoms with Crippen molar-refractivity contribution < 1.29 is 8.78 Å². The van der Waals surface area contributed by atoms with Crippen molar-refractivity contribution in [3.05, 3.63) is 40.6 Å². The highest BCUT2D eigenvalue weighted by atomic mass is 35.5. The zero-order valence-electron chi connectivity index (χ0n) is 13.8. The number of anilines is 2. The normalized spacial score (nSPS) is 20.9. The van der Waals surface area contributed by atoms with Crippen LogP contribution in [0, 0.1) is 0 Å². The molecule has 2 aliphatic carbocycles. The van der Waals surface area contributed by atoms with Gasteiger partial charge in [0.2, 0.25) is 5.82 Å². The van der Waals surface area contributed by atoms with E-state index in [9.17, 15) is 8.78 Å². The van der Waals surface area contributed by atoms with Gasteiger partial charge in [-0.05, 0) is 31.7 Å². The van der Waals surface area contributed by atoms with Crippen molar-refractivity contribution in [3.63, 3.8) is 0 Å². The van der Waals surface area contributed by atoms with Crippen molar-refractivity contribution in [2.45, 2.75) is 49.9 Å². The quantitative estimate of drug-likeness (QED) is 0.742. The summed E-state index contributed by atoms with van der Waals surface area (Å²) in [4.78, 5) is 14.6. The molecule has 2 aromatic heterocycles. The van der Waals surface area contributed by atoms with Gasteiger partial charge in [-0.2, -0.15) is 8.78 Å². The van der Waals surface area contributed by atoms with E-state index >= 15 is 0 Å². The van der Waals surface area contributed by atoms with Gasteiger partial charge in [0.05, 0.1) is 5.69 Å². The second-order valence-corrected chi connectivity index (χ2v) is 7.92. The topological polar surface area (TPSA) is 41.9 Å². The molecule has 1 aliphatic heterocycles. The Balaban J connectivity index is 1.64. The summed E-state index contributed by atoms with van der Waals surface area (Å²) in [6.07, 6.45) is 5.99. The van der Waals surface area contributed by atoms with E-state index in [1.807, 2.05) is 23.2 Å². The van der Waals surface area contributed by atoms with Gasteiger partial charge in [0.25, 0.3) is 0 Å². The third-order valence-corrected chi connectivity index (χ3v) is 5.63. The van der Waals surface area contributed by atoms with Gasteiger partial charge in [-0.25, -0.2) is 15.0 Å². The molecule has 3 aliphatic rings. The van der Waals surface area contributed by atoms with Gasteiger partial charge >= 0.3 is 5.92 Å². The van der Waals surface area contributed by atoms with E-state index in [0.29, 0.717) is 11.0 Å². The van der Waals surface area contributed by atoms with Gasteiger partial charge in [-0.1, -0.05) is 11.6 Å². The molecule has 2 saturated carbocycles. The number of rotatable bonds is 3. The Morgan fingerprint density at radius 2 is 2.00 bits per heavy atom. The maximum absolute atomic E-state index is 13.9. The lowest BCUT2D eigenvalue weighted by Crippen LogP contribution is -2.23. The zero-order valence-corrected chi connectivity index (χ0v) is 14.5. The molecule has 0 unspecified atom stereocenters. The first-order chi connectivity index (χ1) is 11.9. The fourth-order valence-electron chi connectivity index (χ4n) is 3.68. The van der Waals surface area contributed by atoms with Crippen molar-refractivity contribution in [2.75, 3.05) is 11.4 Å². The van der Waals surface area contributed by atoms with Crippen LogP contribution in [0.5, 0.6) is 0 Å². The fraction of sp³-hybridized carbons (Fsp3) is 0.500. The molecule has 0 bridgehead atoms. The van der Waals surface area contributed by atoms with E-state index in [0.717, 1.165) is 56.1 Å². The first-order valence-corrected chi connectivity index (χ1v) is 8.94. The molecule has 1 spiro atoms. The second-order valence-electron chi connectivity index (χ2n) is 7.53. The smallest absolute Gasteiger partial charge is 0.303 e. The van der Waals surface area contributed by atoms with Gasteiger partial charge in [0, 0.05) is 48.3 Å². The molecule has 2 aromatic rings. The molecule has 7 heteroatoms. The number of pyridine rings is 1. The van der Waals surface area contributed by atoms with Crippen molar-refractivity contribution in [2.24, 2.45) is 0 Å². The minimum Gasteiger partial charge on any atom is -0.325 e. The van der Waals surface area contributed by atoms with E-state index in [1.54, 1.807) is 0 Å².